The quantitative estimate of drug-likeness (QED) is 0.101. The van der Waals surface area contributed by atoms with E-state index in [4.69, 9.17) is 0 Å². The fourth-order valence-electron chi connectivity index (χ4n) is 9.60. The molecule has 3 heteroatoms. The monoisotopic (exact) mass is 934 g/mol. The number of benzene rings is 10. The van der Waals surface area contributed by atoms with Crippen molar-refractivity contribution in [3.63, 3.8) is 0 Å². The second-order valence-electron chi connectivity index (χ2n) is 19.0. The van der Waals surface area contributed by atoms with Crippen LogP contribution in [0, 0.1) is 20.8 Å². The second kappa shape index (κ2) is 21.3. The van der Waals surface area contributed by atoms with Gasteiger partial charge in [0.25, 0.3) is 0 Å². The predicted octanol–water partition coefficient (Wildman–Crippen LogP) is 19.7. The largest absolute Gasteiger partial charge is 0.311 e. The summed E-state index contributed by atoms with van der Waals surface area (Å²) in [6, 6.07) is 87.6. The van der Waals surface area contributed by atoms with Gasteiger partial charge in [0.1, 0.15) is 0 Å². The summed E-state index contributed by atoms with van der Waals surface area (Å²) >= 11 is 0. The first-order valence-electron chi connectivity index (χ1n) is 25.6. The number of rotatable bonds is 15. The van der Waals surface area contributed by atoms with Crippen LogP contribution >= 0.6 is 0 Å². The molecule has 0 unspecified atom stereocenters. The van der Waals surface area contributed by atoms with Crippen molar-refractivity contribution in [2.75, 3.05) is 14.7 Å². The van der Waals surface area contributed by atoms with E-state index in [-0.39, 0.29) is 0 Å². The Labute approximate surface area is 428 Å². The lowest BCUT2D eigenvalue weighted by molar-refractivity contribution is 1.13. The minimum absolute atomic E-state index is 1.01. The SMILES string of the molecule is CCc1ccc(N(c2ccc(C)cc2)c2ccc(-c3cc(-c4ccc(N(c5ccc(C)cc5)c5ccc(C)cc5)cc4)cc(-c4ccc(N(c5ccc(CC)cc5)c5ccc(CC)cc5)cc4)c3)cc2)cc1. The summed E-state index contributed by atoms with van der Waals surface area (Å²) < 4.78 is 0. The maximum atomic E-state index is 2.36. The fourth-order valence-corrected chi connectivity index (χ4v) is 9.60. The van der Waals surface area contributed by atoms with Gasteiger partial charge in [-0.2, -0.15) is 0 Å². The van der Waals surface area contributed by atoms with Crippen molar-refractivity contribution in [3.05, 3.63) is 270 Å². The van der Waals surface area contributed by atoms with Gasteiger partial charge >= 0.3 is 0 Å². The van der Waals surface area contributed by atoms with Gasteiger partial charge in [-0.25, -0.2) is 0 Å². The van der Waals surface area contributed by atoms with E-state index < -0.39 is 0 Å². The van der Waals surface area contributed by atoms with Crippen LogP contribution in [0.3, 0.4) is 0 Å². The molecule has 0 spiro atoms. The highest BCUT2D eigenvalue weighted by molar-refractivity contribution is 5.86. The van der Waals surface area contributed by atoms with E-state index in [2.05, 4.69) is 293 Å². The molecule has 0 fully saturated rings. The van der Waals surface area contributed by atoms with Crippen LogP contribution < -0.4 is 14.7 Å². The van der Waals surface area contributed by atoms with Gasteiger partial charge in [0.15, 0.2) is 0 Å². The smallest absolute Gasteiger partial charge is 0.0462 e. The van der Waals surface area contributed by atoms with Crippen LogP contribution in [0.5, 0.6) is 0 Å². The highest BCUT2D eigenvalue weighted by atomic mass is 15.2. The lowest BCUT2D eigenvalue weighted by Gasteiger charge is -2.26. The summed E-state index contributed by atoms with van der Waals surface area (Å²) in [6.45, 7) is 13.0. The first kappa shape index (κ1) is 47.3. The molecule has 0 amide bonds. The molecule has 10 aromatic rings. The van der Waals surface area contributed by atoms with E-state index in [1.807, 2.05) is 0 Å². The van der Waals surface area contributed by atoms with Crippen molar-refractivity contribution in [1.29, 1.82) is 0 Å². The lowest BCUT2D eigenvalue weighted by Crippen LogP contribution is -2.10. The summed E-state index contributed by atoms with van der Waals surface area (Å²) in [4.78, 5) is 7.05. The molecule has 0 saturated carbocycles. The third kappa shape index (κ3) is 10.4. The molecule has 0 aliphatic heterocycles. The molecule has 10 rings (SSSR count). The van der Waals surface area contributed by atoms with E-state index in [0.717, 1.165) is 104 Å². The number of aryl methyl sites for hydroxylation is 6. The molecule has 0 atom stereocenters. The average Bonchev–Trinajstić information content (AvgIpc) is 3.43. The topological polar surface area (TPSA) is 9.72 Å². The number of hydrogen-bond acceptors (Lipinski definition) is 3. The van der Waals surface area contributed by atoms with Gasteiger partial charge < -0.3 is 14.7 Å². The zero-order chi connectivity index (χ0) is 49.6. The molecule has 0 saturated heterocycles. The summed E-state index contributed by atoms with van der Waals surface area (Å²) in [5, 5.41) is 0. The van der Waals surface area contributed by atoms with Crippen LogP contribution in [0.4, 0.5) is 51.2 Å². The predicted molar refractivity (Wildman–Crippen MR) is 309 cm³/mol. The van der Waals surface area contributed by atoms with E-state index in [1.54, 1.807) is 0 Å². The standard InChI is InChI=1S/C69H63N3/c1-7-52-16-34-64(35-17-52)71(63-32-14-51(6)15-33-63)68-42-24-56(25-43-68)59-46-58(55-22-40-67(41-23-55)70(61-28-10-49(4)11-29-61)62-30-12-50(5)13-31-62)47-60(48-59)57-26-44-69(45-27-57)72(65-36-18-53(8-2)19-37-65)66-38-20-54(9-3)21-39-66/h10-48H,7-9H2,1-6H3. The Balaban J connectivity index is 1.05. The average molecular weight is 934 g/mol. The Morgan fingerprint density at radius 1 is 0.208 bits per heavy atom. The van der Waals surface area contributed by atoms with E-state index in [0.29, 0.717) is 0 Å². The molecular weight excluding hydrogens is 871 g/mol. The summed E-state index contributed by atoms with van der Waals surface area (Å²) in [5.74, 6) is 0. The third-order valence-corrected chi connectivity index (χ3v) is 14.0. The minimum Gasteiger partial charge on any atom is -0.311 e. The molecule has 0 aliphatic rings. The summed E-state index contributed by atoms with van der Waals surface area (Å²) in [7, 11) is 0. The molecule has 354 valence electrons. The normalized spacial score (nSPS) is 11.1. The molecule has 0 aliphatic carbocycles. The maximum absolute atomic E-state index is 2.36. The lowest BCUT2D eigenvalue weighted by atomic mass is 9.93. The Morgan fingerprint density at radius 3 is 0.556 bits per heavy atom. The van der Waals surface area contributed by atoms with Crippen molar-refractivity contribution >= 4 is 51.2 Å². The fraction of sp³-hybridized carbons (Fsp3) is 0.130. The van der Waals surface area contributed by atoms with Crippen molar-refractivity contribution in [2.24, 2.45) is 0 Å². The van der Waals surface area contributed by atoms with Gasteiger partial charge in [-0.05, 0) is 217 Å². The summed E-state index contributed by atoms with van der Waals surface area (Å²) in [6.07, 6.45) is 3.02. The highest BCUT2D eigenvalue weighted by Gasteiger charge is 2.18. The Hall–Kier alpha value is -8.40. The van der Waals surface area contributed by atoms with Crippen molar-refractivity contribution < 1.29 is 0 Å². The summed E-state index contributed by atoms with van der Waals surface area (Å²) in [5.41, 5.74) is 24.8. The van der Waals surface area contributed by atoms with Crippen LogP contribution in [0.2, 0.25) is 0 Å². The van der Waals surface area contributed by atoms with E-state index in [9.17, 15) is 0 Å². The van der Waals surface area contributed by atoms with Crippen molar-refractivity contribution in [3.8, 4) is 33.4 Å². The third-order valence-electron chi connectivity index (χ3n) is 14.0. The van der Waals surface area contributed by atoms with Crippen LogP contribution in [0.25, 0.3) is 33.4 Å². The van der Waals surface area contributed by atoms with Crippen molar-refractivity contribution in [1.82, 2.24) is 0 Å². The van der Waals surface area contributed by atoms with Crippen LogP contribution in [-0.2, 0) is 19.3 Å². The highest BCUT2D eigenvalue weighted by Crippen LogP contribution is 2.41. The Kier molecular flexibility index (Phi) is 14.0. The van der Waals surface area contributed by atoms with Crippen LogP contribution in [0.15, 0.2) is 237 Å². The van der Waals surface area contributed by atoms with Crippen LogP contribution in [0.1, 0.15) is 54.2 Å². The van der Waals surface area contributed by atoms with Gasteiger partial charge in [-0.1, -0.05) is 147 Å². The molecular formula is C69H63N3. The molecule has 0 N–H and O–H groups in total. The van der Waals surface area contributed by atoms with E-state index in [1.165, 1.54) is 33.4 Å². The van der Waals surface area contributed by atoms with E-state index >= 15 is 0 Å². The second-order valence-corrected chi connectivity index (χ2v) is 19.0. The molecule has 0 aromatic heterocycles. The first-order valence-corrected chi connectivity index (χ1v) is 25.6. The molecule has 10 aromatic carbocycles. The number of hydrogen-bond donors (Lipinski definition) is 0. The molecule has 0 heterocycles. The number of anilines is 9. The van der Waals surface area contributed by atoms with Gasteiger partial charge in [0.2, 0.25) is 0 Å². The minimum atomic E-state index is 1.01. The maximum Gasteiger partial charge on any atom is 0.0462 e. The van der Waals surface area contributed by atoms with Gasteiger partial charge in [-0.15, -0.1) is 0 Å². The number of nitrogens with zero attached hydrogens (tertiary/aromatic N) is 3. The van der Waals surface area contributed by atoms with Gasteiger partial charge in [0.05, 0.1) is 0 Å². The van der Waals surface area contributed by atoms with Crippen molar-refractivity contribution in [2.45, 2.75) is 60.8 Å². The molecule has 72 heavy (non-hydrogen) atoms. The van der Waals surface area contributed by atoms with Gasteiger partial charge in [-0.3, -0.25) is 0 Å². The molecule has 3 nitrogen and oxygen atoms in total. The first-order chi connectivity index (χ1) is 35.2. The van der Waals surface area contributed by atoms with Gasteiger partial charge in [0, 0.05) is 51.2 Å². The Morgan fingerprint density at radius 2 is 0.375 bits per heavy atom. The molecule has 0 bridgehead atoms. The Bertz CT molecular complexity index is 3260. The zero-order valence-corrected chi connectivity index (χ0v) is 42.5. The van der Waals surface area contributed by atoms with Crippen LogP contribution in [-0.4, -0.2) is 0 Å². The zero-order valence-electron chi connectivity index (χ0n) is 42.5. The molecule has 0 radical (unpaired) electrons.